The Morgan fingerprint density at radius 1 is 0.733 bits per heavy atom. The molecule has 1 heterocycles. The highest BCUT2D eigenvalue weighted by Crippen LogP contribution is 2.41. The lowest BCUT2D eigenvalue weighted by molar-refractivity contribution is -0.189. The Morgan fingerprint density at radius 3 is 1.93 bits per heavy atom. The highest BCUT2D eigenvalue weighted by atomic mass is 19.3. The van der Waals surface area contributed by atoms with Crippen molar-refractivity contribution in [3.05, 3.63) is 101 Å². The Hall–Kier alpha value is -4.02. The maximum absolute atomic E-state index is 15.1. The summed E-state index contributed by atoms with van der Waals surface area (Å²) in [6.45, 7) is 2.14. The fourth-order valence-electron chi connectivity index (χ4n) is 5.87. The molecule has 238 valence electrons. The monoisotopic (exact) mass is 634 g/mol. The first kappa shape index (κ1) is 32.4. The average molecular weight is 635 g/mol. The number of alkyl halides is 2. The lowest BCUT2D eigenvalue weighted by Crippen LogP contribution is -2.26. The molecule has 1 saturated carbocycles. The molecule has 0 atom stereocenters. The van der Waals surface area contributed by atoms with Crippen LogP contribution in [0.4, 0.5) is 35.1 Å². The molecule has 1 aromatic heterocycles. The number of benzene rings is 3. The minimum absolute atomic E-state index is 0.0697. The standard InChI is InChI=1S/C34H30F8N2O/c1-2-3-4-5-19-6-8-20(9-7-19)21-12-27(36)31(28(37)13-21)34(41,42)45-24-10-11-25(26(35)16-24)23-17-43-33(44-18-23)22-14-29(38)32(40)30(39)15-22/h10-20H,2-9H2,1H3. The SMILES string of the molecule is CCCCCC1CCC(c2cc(F)c(C(F)(F)Oc3ccc(-c4cnc(-c5cc(F)c(F)c(F)c5)nc4)c(F)c3)c(F)c2)CC1. The average Bonchev–Trinajstić information content (AvgIpc) is 2.99. The van der Waals surface area contributed by atoms with Crippen molar-refractivity contribution < 1.29 is 39.9 Å². The molecular formula is C34H30F8N2O. The third kappa shape index (κ3) is 7.28. The Labute approximate surface area is 255 Å². The largest absolute Gasteiger partial charge is 0.432 e. The lowest BCUT2D eigenvalue weighted by atomic mass is 9.77. The molecule has 0 aliphatic heterocycles. The molecule has 0 saturated heterocycles. The van der Waals surface area contributed by atoms with Crippen molar-refractivity contribution in [1.29, 1.82) is 0 Å². The summed E-state index contributed by atoms with van der Waals surface area (Å²) in [5, 5.41) is 0. The molecule has 0 amide bonds. The van der Waals surface area contributed by atoms with Crippen molar-refractivity contribution in [1.82, 2.24) is 9.97 Å². The quantitative estimate of drug-likeness (QED) is 0.0989. The van der Waals surface area contributed by atoms with E-state index in [4.69, 9.17) is 0 Å². The first-order valence-electron chi connectivity index (χ1n) is 14.8. The number of hydrogen-bond donors (Lipinski definition) is 0. The second-order valence-electron chi connectivity index (χ2n) is 11.4. The van der Waals surface area contributed by atoms with Crippen molar-refractivity contribution in [2.75, 3.05) is 0 Å². The summed E-state index contributed by atoms with van der Waals surface area (Å²) < 4.78 is 120. The molecule has 0 spiro atoms. The topological polar surface area (TPSA) is 35.0 Å². The van der Waals surface area contributed by atoms with Crippen LogP contribution in [0.3, 0.4) is 0 Å². The molecule has 1 aliphatic carbocycles. The smallest absolute Gasteiger partial charge is 0.429 e. The third-order valence-electron chi connectivity index (χ3n) is 8.28. The Kier molecular flexibility index (Phi) is 9.74. The number of nitrogens with zero attached hydrogens (tertiary/aromatic N) is 2. The van der Waals surface area contributed by atoms with E-state index in [2.05, 4.69) is 21.6 Å². The molecule has 3 nitrogen and oxygen atoms in total. The van der Waals surface area contributed by atoms with Gasteiger partial charge in [-0.2, -0.15) is 8.78 Å². The van der Waals surface area contributed by atoms with Gasteiger partial charge in [-0.15, -0.1) is 0 Å². The van der Waals surface area contributed by atoms with Gasteiger partial charge in [0.05, 0.1) is 0 Å². The minimum atomic E-state index is -4.46. The maximum atomic E-state index is 15.1. The van der Waals surface area contributed by atoms with Crippen LogP contribution in [0.1, 0.15) is 75.3 Å². The second kappa shape index (κ2) is 13.5. The van der Waals surface area contributed by atoms with E-state index < -0.39 is 52.3 Å². The number of ether oxygens (including phenoxy) is 1. The van der Waals surface area contributed by atoms with Crippen LogP contribution in [-0.2, 0) is 6.11 Å². The molecule has 0 bridgehead atoms. The number of halogens is 8. The third-order valence-corrected chi connectivity index (χ3v) is 8.28. The summed E-state index contributed by atoms with van der Waals surface area (Å²) in [4.78, 5) is 7.82. The van der Waals surface area contributed by atoms with Gasteiger partial charge in [0.2, 0.25) is 0 Å². The van der Waals surface area contributed by atoms with Gasteiger partial charge in [-0.25, -0.2) is 36.3 Å². The van der Waals surface area contributed by atoms with Gasteiger partial charge in [0.15, 0.2) is 23.3 Å². The van der Waals surface area contributed by atoms with Crippen molar-refractivity contribution in [3.63, 3.8) is 0 Å². The van der Waals surface area contributed by atoms with Gasteiger partial charge in [0, 0.05) is 35.2 Å². The molecule has 0 radical (unpaired) electrons. The van der Waals surface area contributed by atoms with Gasteiger partial charge in [-0.05, 0) is 79.5 Å². The van der Waals surface area contributed by atoms with Gasteiger partial charge >= 0.3 is 6.11 Å². The molecule has 11 heteroatoms. The zero-order chi connectivity index (χ0) is 32.3. The van der Waals surface area contributed by atoms with E-state index in [9.17, 15) is 26.3 Å². The van der Waals surface area contributed by atoms with Gasteiger partial charge in [0.25, 0.3) is 0 Å². The fraction of sp³-hybridized carbons (Fsp3) is 0.353. The fourth-order valence-corrected chi connectivity index (χ4v) is 5.87. The van der Waals surface area contributed by atoms with Crippen LogP contribution < -0.4 is 4.74 Å². The van der Waals surface area contributed by atoms with E-state index in [1.807, 2.05) is 0 Å². The molecule has 1 aliphatic rings. The zero-order valence-electron chi connectivity index (χ0n) is 24.3. The van der Waals surface area contributed by atoms with Gasteiger partial charge < -0.3 is 4.74 Å². The highest BCUT2D eigenvalue weighted by Gasteiger charge is 2.41. The predicted molar refractivity (Wildman–Crippen MR) is 152 cm³/mol. The van der Waals surface area contributed by atoms with E-state index >= 15 is 8.78 Å². The van der Waals surface area contributed by atoms with Crippen LogP contribution >= 0.6 is 0 Å². The molecule has 3 aromatic carbocycles. The Balaban J connectivity index is 1.28. The van der Waals surface area contributed by atoms with Crippen LogP contribution in [0.2, 0.25) is 0 Å². The Bertz CT molecular complexity index is 1610. The summed E-state index contributed by atoms with van der Waals surface area (Å²) in [7, 11) is 0. The molecule has 5 rings (SSSR count). The molecule has 0 N–H and O–H groups in total. The van der Waals surface area contributed by atoms with E-state index in [0.717, 1.165) is 81.6 Å². The molecule has 0 unspecified atom stereocenters. The zero-order valence-corrected chi connectivity index (χ0v) is 24.3. The van der Waals surface area contributed by atoms with Gasteiger partial charge in [0.1, 0.15) is 28.8 Å². The van der Waals surface area contributed by atoms with E-state index in [-0.39, 0.29) is 28.4 Å². The van der Waals surface area contributed by atoms with E-state index in [1.165, 1.54) is 6.42 Å². The number of rotatable bonds is 10. The summed E-state index contributed by atoms with van der Waals surface area (Å²) in [6, 6.07) is 5.92. The molecular weight excluding hydrogens is 604 g/mol. The summed E-state index contributed by atoms with van der Waals surface area (Å²) in [6.07, 6.45) is 5.64. The first-order valence-corrected chi connectivity index (χ1v) is 14.8. The Morgan fingerprint density at radius 2 is 1.36 bits per heavy atom. The van der Waals surface area contributed by atoms with Gasteiger partial charge in [-0.3, -0.25) is 0 Å². The maximum Gasteiger partial charge on any atom is 0.432 e. The van der Waals surface area contributed by atoms with Crippen LogP contribution in [0, 0.1) is 40.8 Å². The molecule has 4 aromatic rings. The van der Waals surface area contributed by atoms with Gasteiger partial charge in [-0.1, -0.05) is 32.6 Å². The normalized spacial score (nSPS) is 17.0. The summed E-state index contributed by atoms with van der Waals surface area (Å²) in [5.41, 5.74) is -1.48. The van der Waals surface area contributed by atoms with Crippen molar-refractivity contribution in [2.24, 2.45) is 5.92 Å². The van der Waals surface area contributed by atoms with Crippen molar-refractivity contribution >= 4 is 0 Å². The molecule has 1 fully saturated rings. The van der Waals surface area contributed by atoms with E-state index in [0.29, 0.717) is 29.7 Å². The lowest BCUT2D eigenvalue weighted by Gasteiger charge is -2.29. The van der Waals surface area contributed by atoms with Crippen LogP contribution in [0.15, 0.2) is 54.9 Å². The second-order valence-corrected chi connectivity index (χ2v) is 11.4. The highest BCUT2D eigenvalue weighted by molar-refractivity contribution is 5.65. The predicted octanol–water partition coefficient (Wildman–Crippen LogP) is 10.6. The van der Waals surface area contributed by atoms with Crippen molar-refractivity contribution in [2.45, 2.75) is 70.3 Å². The van der Waals surface area contributed by atoms with E-state index in [1.54, 1.807) is 0 Å². The minimum Gasteiger partial charge on any atom is -0.429 e. The van der Waals surface area contributed by atoms with Crippen LogP contribution in [0.5, 0.6) is 5.75 Å². The van der Waals surface area contributed by atoms with Crippen molar-refractivity contribution in [3.8, 4) is 28.3 Å². The van der Waals surface area contributed by atoms with Crippen LogP contribution in [-0.4, -0.2) is 9.97 Å². The first-order chi connectivity index (χ1) is 21.5. The summed E-state index contributed by atoms with van der Waals surface area (Å²) in [5.74, 6) is -8.91. The number of unbranched alkanes of at least 4 members (excludes halogenated alkanes) is 2. The van der Waals surface area contributed by atoms with Crippen LogP contribution in [0.25, 0.3) is 22.5 Å². The number of aromatic nitrogens is 2. The molecule has 45 heavy (non-hydrogen) atoms. The number of hydrogen-bond acceptors (Lipinski definition) is 3. The summed E-state index contributed by atoms with van der Waals surface area (Å²) >= 11 is 0.